The highest BCUT2D eigenvalue weighted by Gasteiger charge is 2.15. The number of carbonyl (C=O) groups is 2. The number of amides is 2. The third-order valence-corrected chi connectivity index (χ3v) is 5.82. The maximum Gasteiger partial charge on any atom is 0.258 e. The van der Waals surface area contributed by atoms with Gasteiger partial charge in [-0.2, -0.15) is 0 Å². The zero-order chi connectivity index (χ0) is 24.2. The molecule has 5 nitrogen and oxygen atoms in total. The number of thiocarbonyl (C=S) groups is 1. The van der Waals surface area contributed by atoms with E-state index >= 15 is 0 Å². The Balaban J connectivity index is 1.63. The van der Waals surface area contributed by atoms with Crippen LogP contribution in [-0.4, -0.2) is 16.9 Å². The normalized spacial score (nSPS) is 10.9. The van der Waals surface area contributed by atoms with Crippen LogP contribution in [0.2, 0.25) is 5.02 Å². The summed E-state index contributed by atoms with van der Waals surface area (Å²) >= 11 is 14.7. The van der Waals surface area contributed by atoms with Crippen LogP contribution < -0.4 is 16.0 Å². The summed E-state index contributed by atoms with van der Waals surface area (Å²) in [6, 6.07) is 19.6. The van der Waals surface area contributed by atoms with Crippen LogP contribution in [0.4, 0.5) is 11.4 Å². The quantitative estimate of drug-likeness (QED) is 0.317. The Bertz CT molecular complexity index is 1210. The smallest absolute Gasteiger partial charge is 0.258 e. The molecule has 3 rings (SSSR count). The molecule has 0 radical (unpaired) electrons. The Kier molecular flexibility index (Phi) is 7.89. The second-order valence-corrected chi connectivity index (χ2v) is 10.1. The predicted octanol–water partition coefficient (Wildman–Crippen LogP) is 6.78. The van der Waals surface area contributed by atoms with Gasteiger partial charge in [0.15, 0.2) is 5.11 Å². The van der Waals surface area contributed by atoms with Crippen LogP contribution in [0.1, 0.15) is 47.1 Å². The van der Waals surface area contributed by atoms with Gasteiger partial charge in [0.2, 0.25) is 0 Å². The van der Waals surface area contributed by atoms with Crippen LogP contribution in [-0.2, 0) is 5.41 Å². The molecule has 0 aromatic heterocycles. The van der Waals surface area contributed by atoms with Crippen molar-refractivity contribution in [1.82, 2.24) is 5.32 Å². The van der Waals surface area contributed by atoms with Gasteiger partial charge in [0, 0.05) is 21.4 Å². The molecule has 3 aromatic carbocycles. The van der Waals surface area contributed by atoms with Crippen molar-refractivity contribution in [2.45, 2.75) is 26.2 Å². The maximum absolute atomic E-state index is 12.6. The number of halogens is 2. The Morgan fingerprint density at radius 1 is 0.879 bits per heavy atom. The summed E-state index contributed by atoms with van der Waals surface area (Å²) in [5, 5.41) is 8.86. The summed E-state index contributed by atoms with van der Waals surface area (Å²) < 4.78 is 0.729. The number of hydrogen-bond acceptors (Lipinski definition) is 3. The Morgan fingerprint density at radius 2 is 1.52 bits per heavy atom. The minimum Gasteiger partial charge on any atom is -0.332 e. The van der Waals surface area contributed by atoms with Crippen molar-refractivity contribution in [2.75, 3.05) is 10.6 Å². The van der Waals surface area contributed by atoms with Crippen LogP contribution in [0, 0.1) is 0 Å². The van der Waals surface area contributed by atoms with Crippen LogP contribution in [0.15, 0.2) is 71.2 Å². The van der Waals surface area contributed by atoms with E-state index in [1.807, 2.05) is 24.3 Å². The lowest BCUT2D eigenvalue weighted by Gasteiger charge is -2.19. The number of carbonyl (C=O) groups excluding carboxylic acids is 2. The summed E-state index contributed by atoms with van der Waals surface area (Å²) in [6.07, 6.45) is 0. The summed E-state index contributed by atoms with van der Waals surface area (Å²) in [5.41, 5.74) is 3.25. The van der Waals surface area contributed by atoms with E-state index in [1.54, 1.807) is 42.5 Å². The Hall–Kier alpha value is -2.74. The van der Waals surface area contributed by atoms with Gasteiger partial charge in [-0.25, -0.2) is 0 Å². The molecule has 3 aromatic rings. The number of anilines is 2. The molecule has 0 bridgehead atoms. The molecule has 0 aliphatic heterocycles. The van der Waals surface area contributed by atoms with Crippen LogP contribution >= 0.6 is 39.7 Å². The van der Waals surface area contributed by atoms with Gasteiger partial charge in [0.1, 0.15) is 0 Å². The predicted molar refractivity (Wildman–Crippen MR) is 142 cm³/mol. The van der Waals surface area contributed by atoms with Crippen molar-refractivity contribution >= 4 is 68.1 Å². The van der Waals surface area contributed by atoms with E-state index in [0.29, 0.717) is 27.5 Å². The van der Waals surface area contributed by atoms with E-state index in [4.69, 9.17) is 23.8 Å². The molecule has 0 spiro atoms. The second kappa shape index (κ2) is 10.5. The van der Waals surface area contributed by atoms with Gasteiger partial charge in [-0.05, 0) is 71.7 Å². The first-order valence-corrected chi connectivity index (χ1v) is 11.7. The van der Waals surface area contributed by atoms with E-state index in [-0.39, 0.29) is 16.4 Å². The van der Waals surface area contributed by atoms with E-state index in [2.05, 4.69) is 52.7 Å². The molecule has 0 atom stereocenters. The minimum atomic E-state index is -0.429. The topological polar surface area (TPSA) is 70.2 Å². The minimum absolute atomic E-state index is 0.0190. The highest BCUT2D eigenvalue weighted by atomic mass is 79.9. The molecule has 0 unspecified atom stereocenters. The van der Waals surface area contributed by atoms with E-state index in [0.717, 1.165) is 10.0 Å². The summed E-state index contributed by atoms with van der Waals surface area (Å²) in [6.45, 7) is 6.38. The largest absolute Gasteiger partial charge is 0.332 e. The van der Waals surface area contributed by atoms with Gasteiger partial charge in [0.05, 0.1) is 10.6 Å². The fraction of sp³-hybridized carbons (Fsp3) is 0.160. The molecule has 0 heterocycles. The van der Waals surface area contributed by atoms with Crippen molar-refractivity contribution in [3.05, 3.63) is 92.9 Å². The van der Waals surface area contributed by atoms with Crippen molar-refractivity contribution < 1.29 is 9.59 Å². The first-order chi connectivity index (χ1) is 15.5. The lowest BCUT2D eigenvalue weighted by atomic mass is 9.87. The molecule has 0 aliphatic rings. The van der Waals surface area contributed by atoms with Crippen molar-refractivity contribution in [2.24, 2.45) is 0 Å². The third kappa shape index (κ3) is 6.87. The van der Waals surface area contributed by atoms with E-state index < -0.39 is 5.91 Å². The summed E-state index contributed by atoms with van der Waals surface area (Å²) in [5.74, 6) is -0.644. The average molecular weight is 545 g/mol. The van der Waals surface area contributed by atoms with Crippen molar-refractivity contribution in [3.63, 3.8) is 0 Å². The molecule has 3 N–H and O–H groups in total. The van der Waals surface area contributed by atoms with Gasteiger partial charge in [-0.1, -0.05) is 66.5 Å². The average Bonchev–Trinajstić information content (AvgIpc) is 2.75. The fourth-order valence-corrected chi connectivity index (χ4v) is 3.78. The first-order valence-electron chi connectivity index (χ1n) is 10.1. The highest BCUT2D eigenvalue weighted by Crippen LogP contribution is 2.23. The fourth-order valence-electron chi connectivity index (χ4n) is 3.00. The standard InChI is InChI=1S/C25H23BrClN3O2S/c1-25(2,3)16-9-7-15(8-10-16)22(31)28-18-5-4-6-19(14-18)29-24(33)30-23(32)20-13-17(26)11-12-21(20)27/h4-14H,1-3H3,(H,28,31)(H2,29,30,32,33). The molecule has 0 aliphatic carbocycles. The molecule has 0 saturated heterocycles. The number of hydrogen-bond donors (Lipinski definition) is 3. The monoisotopic (exact) mass is 543 g/mol. The zero-order valence-corrected chi connectivity index (χ0v) is 21.5. The molecule has 2 amide bonds. The zero-order valence-electron chi connectivity index (χ0n) is 18.3. The summed E-state index contributed by atoms with van der Waals surface area (Å²) in [7, 11) is 0. The molecule has 8 heteroatoms. The second-order valence-electron chi connectivity index (χ2n) is 8.39. The van der Waals surface area contributed by atoms with E-state index in [9.17, 15) is 9.59 Å². The number of nitrogens with one attached hydrogen (secondary N) is 3. The number of benzene rings is 3. The SMILES string of the molecule is CC(C)(C)c1ccc(C(=O)Nc2cccc(NC(=S)NC(=O)c3cc(Br)ccc3Cl)c2)cc1. The molecular formula is C25H23BrClN3O2S. The van der Waals surface area contributed by atoms with Gasteiger partial charge in [-0.15, -0.1) is 0 Å². The highest BCUT2D eigenvalue weighted by molar-refractivity contribution is 9.10. The molecule has 33 heavy (non-hydrogen) atoms. The summed E-state index contributed by atoms with van der Waals surface area (Å²) in [4.78, 5) is 25.1. The van der Waals surface area contributed by atoms with Gasteiger partial charge < -0.3 is 10.6 Å². The van der Waals surface area contributed by atoms with Crippen LogP contribution in [0.3, 0.4) is 0 Å². The molecule has 170 valence electrons. The Labute approximate surface area is 212 Å². The number of rotatable bonds is 4. The molecule has 0 saturated carbocycles. The lowest BCUT2D eigenvalue weighted by Crippen LogP contribution is -2.34. The van der Waals surface area contributed by atoms with Crippen LogP contribution in [0.25, 0.3) is 0 Å². The lowest BCUT2D eigenvalue weighted by molar-refractivity contribution is 0.0976. The van der Waals surface area contributed by atoms with E-state index in [1.165, 1.54) is 0 Å². The van der Waals surface area contributed by atoms with Crippen LogP contribution in [0.5, 0.6) is 0 Å². The molecule has 0 fully saturated rings. The third-order valence-electron chi connectivity index (χ3n) is 4.79. The van der Waals surface area contributed by atoms with Crippen molar-refractivity contribution in [1.29, 1.82) is 0 Å². The van der Waals surface area contributed by atoms with Gasteiger partial charge in [-0.3, -0.25) is 14.9 Å². The first kappa shape index (κ1) is 24.9. The van der Waals surface area contributed by atoms with Crippen molar-refractivity contribution in [3.8, 4) is 0 Å². The maximum atomic E-state index is 12.6. The Morgan fingerprint density at radius 3 is 2.15 bits per heavy atom. The van der Waals surface area contributed by atoms with Gasteiger partial charge in [0.25, 0.3) is 11.8 Å². The molecular weight excluding hydrogens is 522 g/mol. The van der Waals surface area contributed by atoms with Gasteiger partial charge >= 0.3 is 0 Å².